The number of aryl methyl sites for hydroxylation is 1. The largest absolute Gasteiger partial charge is 0.494 e. The lowest BCUT2D eigenvalue weighted by Gasteiger charge is -2.22. The maximum Gasteiger partial charge on any atom is 0.294 e. The number of methoxy groups -OCH3 is 1. The number of nitro benzene ring substituents is 1. The minimum atomic E-state index is -0.399. The molecule has 0 saturated heterocycles. The summed E-state index contributed by atoms with van der Waals surface area (Å²) >= 11 is 0. The molecule has 3 heterocycles. The van der Waals surface area contributed by atoms with E-state index in [2.05, 4.69) is 20.3 Å². The molecule has 0 radical (unpaired) electrons. The highest BCUT2D eigenvalue weighted by atomic mass is 16.6. The lowest BCUT2D eigenvalue weighted by molar-refractivity contribution is -0.384. The summed E-state index contributed by atoms with van der Waals surface area (Å²) in [6.45, 7) is 1.37. The van der Waals surface area contributed by atoms with Crippen LogP contribution in [-0.4, -0.2) is 70.7 Å². The Kier molecular flexibility index (Phi) is 6.78. The van der Waals surface area contributed by atoms with Crippen LogP contribution in [0, 0.1) is 10.1 Å². The van der Waals surface area contributed by atoms with Gasteiger partial charge < -0.3 is 24.4 Å². The molecule has 0 aliphatic heterocycles. The Morgan fingerprint density at radius 2 is 1.94 bits per heavy atom. The Bertz CT molecular complexity index is 1370. The van der Waals surface area contributed by atoms with Gasteiger partial charge in [0.15, 0.2) is 0 Å². The average molecular weight is 477 g/mol. The van der Waals surface area contributed by atoms with E-state index in [0.29, 0.717) is 29.4 Å². The molecule has 182 valence electrons. The fourth-order valence-corrected chi connectivity index (χ4v) is 3.74. The van der Waals surface area contributed by atoms with Gasteiger partial charge in [-0.05, 0) is 32.3 Å². The summed E-state index contributed by atoms with van der Waals surface area (Å²) in [6, 6.07) is 8.91. The number of hydrogen-bond donors (Lipinski definition) is 1. The van der Waals surface area contributed by atoms with Gasteiger partial charge in [0.25, 0.3) is 5.69 Å². The molecule has 4 rings (SSSR count). The van der Waals surface area contributed by atoms with Gasteiger partial charge >= 0.3 is 0 Å². The van der Waals surface area contributed by atoms with Gasteiger partial charge in [-0.25, -0.2) is 15.0 Å². The third-order valence-electron chi connectivity index (χ3n) is 5.69. The van der Waals surface area contributed by atoms with E-state index in [-0.39, 0.29) is 11.6 Å². The van der Waals surface area contributed by atoms with E-state index in [1.807, 2.05) is 60.9 Å². The molecule has 0 spiro atoms. The van der Waals surface area contributed by atoms with Crippen LogP contribution in [0.5, 0.6) is 5.75 Å². The first kappa shape index (κ1) is 23.9. The van der Waals surface area contributed by atoms with Crippen LogP contribution in [0.15, 0.2) is 48.9 Å². The van der Waals surface area contributed by atoms with Crippen LogP contribution in [0.2, 0.25) is 0 Å². The zero-order valence-corrected chi connectivity index (χ0v) is 20.4. The fraction of sp³-hybridized carbons (Fsp3) is 0.292. The third kappa shape index (κ3) is 5.14. The monoisotopic (exact) mass is 476 g/mol. The molecule has 35 heavy (non-hydrogen) atoms. The Labute approximate surface area is 203 Å². The van der Waals surface area contributed by atoms with Crippen molar-refractivity contribution in [3.63, 3.8) is 0 Å². The summed E-state index contributed by atoms with van der Waals surface area (Å²) in [5, 5.41) is 16.0. The highest BCUT2D eigenvalue weighted by Crippen LogP contribution is 2.39. The smallest absolute Gasteiger partial charge is 0.294 e. The number of aromatic nitrogens is 4. The van der Waals surface area contributed by atoms with E-state index < -0.39 is 4.92 Å². The minimum Gasteiger partial charge on any atom is -0.494 e. The van der Waals surface area contributed by atoms with Crippen molar-refractivity contribution in [3.05, 3.63) is 59.0 Å². The van der Waals surface area contributed by atoms with Gasteiger partial charge in [-0.1, -0.05) is 0 Å². The molecule has 1 aromatic carbocycles. The van der Waals surface area contributed by atoms with Crippen LogP contribution in [0.1, 0.15) is 0 Å². The lowest BCUT2D eigenvalue weighted by atomic mass is 10.2. The molecule has 11 heteroatoms. The number of anilines is 3. The molecular weight excluding hydrogens is 448 g/mol. The molecule has 0 saturated carbocycles. The van der Waals surface area contributed by atoms with Crippen molar-refractivity contribution in [1.82, 2.24) is 24.4 Å². The zero-order chi connectivity index (χ0) is 25.1. The van der Waals surface area contributed by atoms with Crippen LogP contribution in [0.4, 0.5) is 23.0 Å². The SMILES string of the molecule is COc1cc(N(C)CCN(C)C)c([N+](=O)[O-])cc1Nc1nccc(-c2cnc3c(ccn3C)c2)n1. The van der Waals surface area contributed by atoms with E-state index >= 15 is 0 Å². The van der Waals surface area contributed by atoms with Crippen LogP contribution in [0.3, 0.4) is 0 Å². The van der Waals surface area contributed by atoms with Crippen LogP contribution >= 0.6 is 0 Å². The van der Waals surface area contributed by atoms with Gasteiger partial charge in [0, 0.05) is 68.9 Å². The van der Waals surface area contributed by atoms with E-state index in [0.717, 1.165) is 23.1 Å². The molecule has 11 nitrogen and oxygen atoms in total. The van der Waals surface area contributed by atoms with Crippen molar-refractivity contribution < 1.29 is 9.66 Å². The Morgan fingerprint density at radius 3 is 2.66 bits per heavy atom. The summed E-state index contributed by atoms with van der Waals surface area (Å²) < 4.78 is 7.50. The topological polar surface area (TPSA) is 114 Å². The number of fused-ring (bicyclic) bond motifs is 1. The van der Waals surface area contributed by atoms with Gasteiger partial charge in [-0.2, -0.15) is 0 Å². The summed E-state index contributed by atoms with van der Waals surface area (Å²) in [5.41, 5.74) is 3.23. The quantitative estimate of drug-likeness (QED) is 0.285. The van der Waals surface area contributed by atoms with Crippen molar-refractivity contribution in [3.8, 4) is 17.0 Å². The maximum absolute atomic E-state index is 11.9. The number of nitrogens with zero attached hydrogens (tertiary/aromatic N) is 7. The van der Waals surface area contributed by atoms with Gasteiger partial charge in [-0.15, -0.1) is 0 Å². The maximum atomic E-state index is 11.9. The Balaban J connectivity index is 1.66. The van der Waals surface area contributed by atoms with Crippen molar-refractivity contribution >= 4 is 34.0 Å². The number of pyridine rings is 1. The first-order chi connectivity index (χ1) is 16.8. The van der Waals surface area contributed by atoms with Crippen LogP contribution in [0.25, 0.3) is 22.3 Å². The summed E-state index contributed by atoms with van der Waals surface area (Å²) in [6.07, 6.45) is 5.34. The van der Waals surface area contributed by atoms with Crippen molar-refractivity contribution in [2.24, 2.45) is 7.05 Å². The number of benzene rings is 1. The van der Waals surface area contributed by atoms with Gasteiger partial charge in [0.2, 0.25) is 5.95 Å². The number of nitro groups is 1. The summed E-state index contributed by atoms with van der Waals surface area (Å²) in [5.74, 6) is 0.737. The molecule has 0 amide bonds. The minimum absolute atomic E-state index is 0.0376. The first-order valence-electron chi connectivity index (χ1n) is 11.0. The van der Waals surface area contributed by atoms with Crippen molar-refractivity contribution in [1.29, 1.82) is 0 Å². The van der Waals surface area contributed by atoms with Crippen LogP contribution < -0.4 is 15.0 Å². The standard InChI is InChI=1S/C24H28N8O3/c1-29(2)10-11-30(3)20-14-22(35-5)19(13-21(20)32(33)34)28-24-25-8-6-18(27-24)17-12-16-7-9-31(4)23(16)26-15-17/h6-9,12-15H,10-11H2,1-5H3,(H,25,27,28). The molecule has 0 aliphatic rings. The van der Waals surface area contributed by atoms with Gasteiger partial charge in [0.05, 0.1) is 23.4 Å². The number of likely N-dealkylation sites (N-methyl/N-ethyl adjacent to an activating group) is 2. The lowest BCUT2D eigenvalue weighted by Crippen LogP contribution is -2.28. The first-order valence-corrected chi connectivity index (χ1v) is 11.0. The molecule has 4 aromatic rings. The summed E-state index contributed by atoms with van der Waals surface area (Å²) in [4.78, 5) is 28.8. The third-order valence-corrected chi connectivity index (χ3v) is 5.69. The molecular formula is C24H28N8O3. The van der Waals surface area contributed by atoms with Crippen molar-refractivity contribution in [2.45, 2.75) is 0 Å². The Hall–Kier alpha value is -4.25. The van der Waals surface area contributed by atoms with E-state index in [1.165, 1.54) is 13.2 Å². The second-order valence-corrected chi connectivity index (χ2v) is 8.48. The molecule has 3 aromatic heterocycles. The fourth-order valence-electron chi connectivity index (χ4n) is 3.74. The van der Waals surface area contributed by atoms with Gasteiger partial charge in [0.1, 0.15) is 17.1 Å². The molecule has 0 unspecified atom stereocenters. The van der Waals surface area contributed by atoms with E-state index in [9.17, 15) is 10.1 Å². The number of hydrogen-bond acceptors (Lipinski definition) is 9. The number of nitrogens with one attached hydrogen (secondary N) is 1. The highest BCUT2D eigenvalue weighted by molar-refractivity contribution is 5.81. The molecule has 0 bridgehead atoms. The van der Waals surface area contributed by atoms with Crippen LogP contribution in [-0.2, 0) is 7.05 Å². The second kappa shape index (κ2) is 9.94. The molecule has 0 fully saturated rings. The average Bonchev–Trinajstić information content (AvgIpc) is 3.22. The Morgan fingerprint density at radius 1 is 1.14 bits per heavy atom. The predicted molar refractivity (Wildman–Crippen MR) is 136 cm³/mol. The summed E-state index contributed by atoms with van der Waals surface area (Å²) in [7, 11) is 9.20. The molecule has 0 aliphatic carbocycles. The predicted octanol–water partition coefficient (Wildman–Crippen LogP) is 3.69. The van der Waals surface area contributed by atoms with E-state index in [4.69, 9.17) is 4.74 Å². The highest BCUT2D eigenvalue weighted by Gasteiger charge is 2.22. The number of rotatable bonds is 9. The number of ether oxygens (including phenoxy) is 1. The zero-order valence-electron chi connectivity index (χ0n) is 20.4. The van der Waals surface area contributed by atoms with E-state index in [1.54, 1.807) is 24.5 Å². The van der Waals surface area contributed by atoms with Crippen molar-refractivity contribution in [2.75, 3.05) is 51.6 Å². The van der Waals surface area contributed by atoms with Gasteiger partial charge in [-0.3, -0.25) is 10.1 Å². The molecule has 0 atom stereocenters. The normalized spacial score (nSPS) is 11.1. The second-order valence-electron chi connectivity index (χ2n) is 8.48. The molecule has 1 N–H and O–H groups in total.